The number of carbonyl (C=O) groups is 2. The fourth-order valence-corrected chi connectivity index (χ4v) is 6.69. The number of hydrogen-bond acceptors (Lipinski definition) is 5. The summed E-state index contributed by atoms with van der Waals surface area (Å²) in [7, 11) is 0. The summed E-state index contributed by atoms with van der Waals surface area (Å²) < 4.78 is 0. The maximum atomic E-state index is 14.4. The van der Waals surface area contributed by atoms with Gasteiger partial charge in [0.15, 0.2) is 0 Å². The van der Waals surface area contributed by atoms with E-state index < -0.39 is 11.7 Å². The number of carbonyl (C=O) groups excluding carboxylic acids is 2. The van der Waals surface area contributed by atoms with E-state index in [9.17, 15) is 9.59 Å². The highest BCUT2D eigenvalue weighted by Crippen LogP contribution is 2.48. The van der Waals surface area contributed by atoms with Crippen molar-refractivity contribution in [3.63, 3.8) is 0 Å². The predicted octanol–water partition coefficient (Wildman–Crippen LogP) is 6.91. The Morgan fingerprint density at radius 1 is 1.19 bits per heavy atom. The lowest BCUT2D eigenvalue weighted by Crippen LogP contribution is -2.52. The molecule has 0 bridgehead atoms. The first kappa shape index (κ1) is 31.4. The van der Waals surface area contributed by atoms with Crippen molar-refractivity contribution in [1.29, 1.82) is 5.53 Å². The van der Waals surface area contributed by atoms with Gasteiger partial charge in [-0.25, -0.2) is 0 Å². The van der Waals surface area contributed by atoms with Crippen LogP contribution in [0.2, 0.25) is 10.0 Å². The number of amides is 2. The van der Waals surface area contributed by atoms with Gasteiger partial charge in [-0.05, 0) is 73.4 Å². The lowest BCUT2D eigenvalue weighted by atomic mass is 9.75. The Bertz CT molecular complexity index is 1390. The van der Waals surface area contributed by atoms with Crippen molar-refractivity contribution in [2.75, 3.05) is 6.54 Å². The summed E-state index contributed by atoms with van der Waals surface area (Å²) in [4.78, 5) is 34.3. The van der Waals surface area contributed by atoms with E-state index in [1.807, 2.05) is 17.0 Å². The van der Waals surface area contributed by atoms with E-state index in [-0.39, 0.29) is 24.2 Å². The van der Waals surface area contributed by atoms with Gasteiger partial charge < -0.3 is 16.0 Å². The summed E-state index contributed by atoms with van der Waals surface area (Å²) in [6.45, 7) is 6.52. The second-order valence-electron chi connectivity index (χ2n) is 11.3. The van der Waals surface area contributed by atoms with Crippen LogP contribution in [-0.4, -0.2) is 40.5 Å². The Kier molecular flexibility index (Phi) is 10.2. The van der Waals surface area contributed by atoms with Crippen LogP contribution >= 0.6 is 23.2 Å². The van der Waals surface area contributed by atoms with E-state index in [1.165, 1.54) is 0 Å². The van der Waals surface area contributed by atoms with E-state index >= 15 is 0 Å². The number of rotatable bonds is 10. The zero-order chi connectivity index (χ0) is 30.4. The molecule has 4 rings (SSSR count). The molecule has 2 aliphatic rings. The summed E-state index contributed by atoms with van der Waals surface area (Å²) in [6, 6.07) is 11.9. The molecule has 0 aromatic heterocycles. The molecule has 0 saturated heterocycles. The highest BCUT2D eigenvalue weighted by Gasteiger charge is 2.52. The van der Waals surface area contributed by atoms with E-state index in [2.05, 4.69) is 48.6 Å². The standard InChI is InChI=1S/C31H37Cl2N7O2/c1-4-5-6-7-26(21-8-10-22(11-9-21)29(41)36-18-27(34)38-39-35)40-30(42)28(23-13-24(32)15-25(33)14-23)37-31(40)16-19(2)12-20(3)17-31/h6-11,13-15,19-20,26H,4-5,12,16-18H2,1-3H3,(H,36,41)(H3,34,35,38)/b7-6+. The summed E-state index contributed by atoms with van der Waals surface area (Å²) in [5, 5.41) is 9.84. The van der Waals surface area contributed by atoms with Gasteiger partial charge in [-0.1, -0.05) is 79.9 Å². The third-order valence-electron chi connectivity index (χ3n) is 7.66. The van der Waals surface area contributed by atoms with Crippen molar-refractivity contribution < 1.29 is 9.59 Å². The zero-order valence-corrected chi connectivity index (χ0v) is 25.6. The molecule has 2 aromatic carbocycles. The van der Waals surface area contributed by atoms with Crippen LogP contribution in [0, 0.1) is 17.4 Å². The van der Waals surface area contributed by atoms with Crippen molar-refractivity contribution in [2.24, 2.45) is 32.9 Å². The molecule has 222 valence electrons. The average molecular weight is 611 g/mol. The third-order valence-corrected chi connectivity index (χ3v) is 8.09. The van der Waals surface area contributed by atoms with Gasteiger partial charge in [-0.3, -0.25) is 14.6 Å². The zero-order valence-electron chi connectivity index (χ0n) is 24.1. The minimum Gasteiger partial charge on any atom is -0.384 e. The van der Waals surface area contributed by atoms with Crippen molar-refractivity contribution in [3.8, 4) is 0 Å². The molecule has 0 radical (unpaired) electrons. The summed E-state index contributed by atoms with van der Waals surface area (Å²) in [6.07, 6.45) is 8.58. The van der Waals surface area contributed by atoms with E-state index in [4.69, 9.17) is 39.5 Å². The van der Waals surface area contributed by atoms with Crippen molar-refractivity contribution in [2.45, 2.75) is 64.6 Å². The number of allylic oxidation sites excluding steroid dienone is 1. The van der Waals surface area contributed by atoms with E-state index in [0.29, 0.717) is 38.7 Å². The molecule has 1 fully saturated rings. The minimum absolute atomic E-state index is 0.0276. The number of hydrogen-bond donors (Lipinski definition) is 3. The monoisotopic (exact) mass is 609 g/mol. The quantitative estimate of drug-likeness (QED) is 0.0887. The predicted molar refractivity (Wildman–Crippen MR) is 167 cm³/mol. The Hall–Kier alpha value is -3.56. The number of benzene rings is 2. The van der Waals surface area contributed by atoms with Gasteiger partial charge in [0.05, 0.1) is 12.6 Å². The van der Waals surface area contributed by atoms with Crippen LogP contribution in [0.15, 0.2) is 69.9 Å². The molecule has 1 aliphatic heterocycles. The number of nitrogens with zero attached hydrogens (tertiary/aromatic N) is 4. The maximum absolute atomic E-state index is 14.4. The number of unbranched alkanes of at least 4 members (excludes halogenated alkanes) is 1. The number of nitrogens with two attached hydrogens (primary N) is 1. The molecular formula is C31H37Cl2N7O2. The largest absolute Gasteiger partial charge is 0.384 e. The molecule has 3 unspecified atom stereocenters. The van der Waals surface area contributed by atoms with Gasteiger partial charge in [0.25, 0.3) is 11.8 Å². The van der Waals surface area contributed by atoms with Crippen LogP contribution in [0.5, 0.6) is 0 Å². The van der Waals surface area contributed by atoms with Crippen molar-refractivity contribution >= 4 is 46.6 Å². The Balaban J connectivity index is 1.75. The maximum Gasteiger partial charge on any atom is 0.275 e. The molecule has 2 amide bonds. The molecule has 9 nitrogen and oxygen atoms in total. The number of aliphatic imine (C=N–C) groups is 1. The molecule has 1 aliphatic carbocycles. The van der Waals surface area contributed by atoms with E-state index in [1.54, 1.807) is 30.3 Å². The van der Waals surface area contributed by atoms with Crippen LogP contribution in [0.3, 0.4) is 0 Å². The Morgan fingerprint density at radius 3 is 2.43 bits per heavy atom. The summed E-state index contributed by atoms with van der Waals surface area (Å²) in [5.41, 5.74) is 13.9. The van der Waals surface area contributed by atoms with Crippen LogP contribution in [0.25, 0.3) is 0 Å². The molecule has 4 N–H and O–H groups in total. The topological polar surface area (TPSA) is 136 Å². The Morgan fingerprint density at radius 2 is 1.83 bits per heavy atom. The van der Waals surface area contributed by atoms with Gasteiger partial charge in [0.1, 0.15) is 17.2 Å². The molecule has 3 atom stereocenters. The fourth-order valence-electron chi connectivity index (χ4n) is 6.16. The summed E-state index contributed by atoms with van der Waals surface area (Å²) in [5.74, 6) is 0.272. The smallest absolute Gasteiger partial charge is 0.275 e. The van der Waals surface area contributed by atoms with Gasteiger partial charge in [-0.2, -0.15) is 5.53 Å². The lowest BCUT2D eigenvalue weighted by Gasteiger charge is -2.46. The third kappa shape index (κ3) is 7.07. The molecule has 1 heterocycles. The van der Waals surface area contributed by atoms with Gasteiger partial charge in [0, 0.05) is 21.2 Å². The molecule has 11 heteroatoms. The Labute approximate surface area is 256 Å². The fraction of sp³-hybridized carbons (Fsp3) is 0.419. The first-order valence-corrected chi connectivity index (χ1v) is 15.0. The highest BCUT2D eigenvalue weighted by atomic mass is 35.5. The van der Waals surface area contributed by atoms with Gasteiger partial charge in [0.2, 0.25) is 0 Å². The summed E-state index contributed by atoms with van der Waals surface area (Å²) >= 11 is 12.7. The first-order valence-electron chi connectivity index (χ1n) is 14.2. The highest BCUT2D eigenvalue weighted by molar-refractivity contribution is 6.48. The molecule has 2 aromatic rings. The average Bonchev–Trinajstić information content (AvgIpc) is 3.19. The minimum atomic E-state index is -0.727. The van der Waals surface area contributed by atoms with Gasteiger partial charge in [-0.15, -0.1) is 5.10 Å². The van der Waals surface area contributed by atoms with Crippen molar-refractivity contribution in [1.82, 2.24) is 10.2 Å². The molecular weight excluding hydrogens is 573 g/mol. The number of nitrogens with one attached hydrogen (secondary N) is 2. The van der Waals surface area contributed by atoms with Crippen LogP contribution in [-0.2, 0) is 4.79 Å². The molecule has 42 heavy (non-hydrogen) atoms. The van der Waals surface area contributed by atoms with Crippen LogP contribution < -0.4 is 11.1 Å². The second-order valence-corrected chi connectivity index (χ2v) is 12.2. The second kappa shape index (κ2) is 13.6. The first-order chi connectivity index (χ1) is 20.1. The molecule has 1 saturated carbocycles. The lowest BCUT2D eigenvalue weighted by molar-refractivity contribution is -0.132. The van der Waals surface area contributed by atoms with Gasteiger partial charge >= 0.3 is 0 Å². The SMILES string of the molecule is CCC/C=C/C(c1ccc(C(=O)NC/C(N)=N/N=N)cc1)N1C(=O)C(c2cc(Cl)cc(Cl)c2)=NC12CC(C)CC(C)C2. The van der Waals surface area contributed by atoms with Crippen molar-refractivity contribution in [3.05, 3.63) is 81.4 Å². The van der Waals surface area contributed by atoms with Crippen LogP contribution in [0.4, 0.5) is 0 Å². The number of amidine groups is 1. The normalized spacial score (nSPS) is 23.4. The van der Waals surface area contributed by atoms with E-state index in [0.717, 1.165) is 37.7 Å². The molecule has 1 spiro atoms. The number of halogens is 2. The van der Waals surface area contributed by atoms with Crippen LogP contribution in [0.1, 0.15) is 80.4 Å².